The van der Waals surface area contributed by atoms with E-state index >= 15 is 0 Å². The molecule has 0 heterocycles. The number of hydrogen-bond donors (Lipinski definition) is 0. The average molecular weight is 252 g/mol. The molecule has 0 aromatic carbocycles. The van der Waals surface area contributed by atoms with Gasteiger partial charge in [-0.05, 0) is 11.5 Å². The Hall–Kier alpha value is -0.360. The summed E-state index contributed by atoms with van der Waals surface area (Å²) < 4.78 is 8.05. The van der Waals surface area contributed by atoms with Gasteiger partial charge in [-0.15, -0.1) is 23.5 Å². The smallest absolute Gasteiger partial charge is 0.344 e. The molecule has 0 N–H and O–H groups in total. The van der Waals surface area contributed by atoms with Gasteiger partial charge >= 0.3 is 11.9 Å². The highest BCUT2D eigenvalue weighted by Gasteiger charge is 2.49. The van der Waals surface area contributed by atoms with Gasteiger partial charge < -0.3 is 9.47 Å². The van der Waals surface area contributed by atoms with Crippen molar-refractivity contribution in [2.24, 2.45) is 0 Å². The molecule has 0 aromatic rings. The molecule has 0 bridgehead atoms. The van der Waals surface area contributed by atoms with E-state index in [0.29, 0.717) is 11.5 Å². The van der Waals surface area contributed by atoms with Gasteiger partial charge in [0.1, 0.15) is 0 Å². The molecule has 0 amide bonds. The molecule has 15 heavy (non-hydrogen) atoms. The Kier molecular flexibility index (Phi) is 6.84. The molecule has 0 rings (SSSR count). The number of carbonyl (C=O) groups excluding carboxylic acids is 2. The molecule has 6 heteroatoms. The third-order valence-corrected chi connectivity index (χ3v) is 4.37. The second-order valence-electron chi connectivity index (χ2n) is 2.47. The average Bonchev–Trinajstić information content (AvgIpc) is 2.26. The molecular weight excluding hydrogens is 236 g/mol. The lowest BCUT2D eigenvalue weighted by Crippen LogP contribution is -2.42. The summed E-state index contributed by atoms with van der Waals surface area (Å²) in [5.74, 6) is 0.148. The number of hydrogen-bond acceptors (Lipinski definition) is 6. The Morgan fingerprint density at radius 1 is 1.00 bits per heavy atom. The van der Waals surface area contributed by atoms with Crippen LogP contribution in [0.3, 0.4) is 0 Å². The fourth-order valence-corrected chi connectivity index (χ4v) is 3.69. The summed E-state index contributed by atoms with van der Waals surface area (Å²) in [6, 6.07) is 0. The van der Waals surface area contributed by atoms with Crippen molar-refractivity contribution in [3.63, 3.8) is 0 Å². The molecule has 0 aromatic heterocycles. The lowest BCUT2D eigenvalue weighted by molar-refractivity contribution is -0.151. The number of rotatable bonds is 6. The van der Waals surface area contributed by atoms with Crippen LogP contribution in [0, 0.1) is 0 Å². The summed E-state index contributed by atoms with van der Waals surface area (Å²) >= 11 is 2.46. The van der Waals surface area contributed by atoms with Crippen LogP contribution in [0.15, 0.2) is 0 Å². The molecule has 0 fully saturated rings. The normalized spacial score (nSPS) is 10.9. The lowest BCUT2D eigenvalue weighted by Gasteiger charge is -2.25. The monoisotopic (exact) mass is 252 g/mol. The zero-order valence-corrected chi connectivity index (χ0v) is 11.0. The lowest BCUT2D eigenvalue weighted by atomic mass is 10.4. The molecule has 0 saturated carbocycles. The fourth-order valence-electron chi connectivity index (χ4n) is 1.04. The Morgan fingerprint density at radius 2 is 1.33 bits per heavy atom. The van der Waals surface area contributed by atoms with E-state index in [2.05, 4.69) is 9.47 Å². The van der Waals surface area contributed by atoms with Gasteiger partial charge in [-0.3, -0.25) is 0 Å². The van der Waals surface area contributed by atoms with Gasteiger partial charge in [-0.2, -0.15) is 0 Å². The van der Waals surface area contributed by atoms with Crippen LogP contribution < -0.4 is 0 Å². The summed E-state index contributed by atoms with van der Waals surface area (Å²) in [5.41, 5.74) is 0. The molecule has 0 spiro atoms. The standard InChI is InChI=1S/C9H16O4S2/c1-5-14-9(15-6-2,7(10)12-3)8(11)13-4/h5-6H2,1-4H3. The quantitative estimate of drug-likeness (QED) is 0.406. The first-order chi connectivity index (χ1) is 7.08. The van der Waals surface area contributed by atoms with Gasteiger partial charge in [0.25, 0.3) is 4.08 Å². The molecule has 0 aliphatic rings. The van der Waals surface area contributed by atoms with E-state index in [1.807, 2.05) is 13.8 Å². The number of carbonyl (C=O) groups is 2. The van der Waals surface area contributed by atoms with Gasteiger partial charge in [-0.1, -0.05) is 13.8 Å². The SMILES string of the molecule is CCSC(SCC)(C(=O)OC)C(=O)OC. The highest BCUT2D eigenvalue weighted by Crippen LogP contribution is 2.39. The van der Waals surface area contributed by atoms with Crippen molar-refractivity contribution in [1.29, 1.82) is 0 Å². The summed E-state index contributed by atoms with van der Waals surface area (Å²) in [5, 5.41) is 0. The zero-order valence-electron chi connectivity index (χ0n) is 9.36. The molecule has 0 unspecified atom stereocenters. The Bertz CT molecular complexity index is 206. The highest BCUT2D eigenvalue weighted by atomic mass is 32.2. The predicted octanol–water partition coefficient (Wildman–Crippen LogP) is 1.53. The predicted molar refractivity (Wildman–Crippen MR) is 63.0 cm³/mol. The van der Waals surface area contributed by atoms with Crippen LogP contribution in [0.2, 0.25) is 0 Å². The second-order valence-corrected chi connectivity index (χ2v) is 5.68. The van der Waals surface area contributed by atoms with Crippen molar-refractivity contribution in [2.45, 2.75) is 17.9 Å². The van der Waals surface area contributed by atoms with Crippen molar-refractivity contribution < 1.29 is 19.1 Å². The van der Waals surface area contributed by atoms with Crippen molar-refractivity contribution in [1.82, 2.24) is 0 Å². The van der Waals surface area contributed by atoms with Crippen LogP contribution in [-0.4, -0.2) is 41.7 Å². The minimum Gasteiger partial charge on any atom is -0.467 e. The van der Waals surface area contributed by atoms with E-state index in [9.17, 15) is 9.59 Å². The summed E-state index contributed by atoms with van der Waals surface area (Å²) in [7, 11) is 2.54. The maximum absolute atomic E-state index is 11.6. The van der Waals surface area contributed by atoms with Crippen molar-refractivity contribution >= 4 is 35.5 Å². The number of thioether (sulfide) groups is 2. The van der Waals surface area contributed by atoms with E-state index in [-0.39, 0.29) is 0 Å². The highest BCUT2D eigenvalue weighted by molar-refractivity contribution is 8.20. The van der Waals surface area contributed by atoms with Crippen molar-refractivity contribution in [3.05, 3.63) is 0 Å². The van der Waals surface area contributed by atoms with E-state index < -0.39 is 16.0 Å². The largest absolute Gasteiger partial charge is 0.467 e. The first-order valence-electron chi connectivity index (χ1n) is 4.53. The van der Waals surface area contributed by atoms with Crippen LogP contribution in [0.4, 0.5) is 0 Å². The second kappa shape index (κ2) is 7.00. The van der Waals surface area contributed by atoms with Gasteiger partial charge in [0, 0.05) is 0 Å². The summed E-state index contributed by atoms with van der Waals surface area (Å²) in [6.07, 6.45) is 0. The summed E-state index contributed by atoms with van der Waals surface area (Å²) in [4.78, 5) is 23.3. The minimum absolute atomic E-state index is 0.562. The summed E-state index contributed by atoms with van der Waals surface area (Å²) in [6.45, 7) is 3.75. The van der Waals surface area contributed by atoms with E-state index in [0.717, 1.165) is 0 Å². The molecule has 0 radical (unpaired) electrons. The molecule has 0 saturated heterocycles. The van der Waals surface area contributed by atoms with Crippen molar-refractivity contribution in [3.8, 4) is 0 Å². The van der Waals surface area contributed by atoms with Gasteiger partial charge in [-0.25, -0.2) is 9.59 Å². The number of ether oxygens (including phenoxy) is 2. The molecule has 4 nitrogen and oxygen atoms in total. The van der Waals surface area contributed by atoms with Crippen LogP contribution in [0.1, 0.15) is 13.8 Å². The molecule has 88 valence electrons. The van der Waals surface area contributed by atoms with E-state index in [1.54, 1.807) is 0 Å². The zero-order chi connectivity index (χ0) is 11.9. The number of methoxy groups -OCH3 is 2. The molecule has 0 aliphatic carbocycles. The topological polar surface area (TPSA) is 52.6 Å². The Labute approximate surface area is 98.5 Å². The fraction of sp³-hybridized carbons (Fsp3) is 0.778. The van der Waals surface area contributed by atoms with Gasteiger partial charge in [0.15, 0.2) is 0 Å². The first-order valence-corrected chi connectivity index (χ1v) is 6.50. The van der Waals surface area contributed by atoms with Gasteiger partial charge in [0.2, 0.25) is 0 Å². The first kappa shape index (κ1) is 14.6. The van der Waals surface area contributed by atoms with Crippen LogP contribution in [0.5, 0.6) is 0 Å². The minimum atomic E-state index is -1.27. The van der Waals surface area contributed by atoms with Crippen LogP contribution >= 0.6 is 23.5 Å². The van der Waals surface area contributed by atoms with E-state index in [4.69, 9.17) is 0 Å². The molecular formula is C9H16O4S2. The Morgan fingerprint density at radius 3 is 1.53 bits per heavy atom. The maximum atomic E-state index is 11.6. The molecule has 0 aliphatic heterocycles. The molecule has 0 atom stereocenters. The van der Waals surface area contributed by atoms with Crippen molar-refractivity contribution in [2.75, 3.05) is 25.7 Å². The van der Waals surface area contributed by atoms with E-state index in [1.165, 1.54) is 37.7 Å². The third kappa shape index (κ3) is 3.31. The Balaban J connectivity index is 5.05. The maximum Gasteiger partial charge on any atom is 0.344 e. The van der Waals surface area contributed by atoms with Crippen LogP contribution in [-0.2, 0) is 19.1 Å². The van der Waals surface area contributed by atoms with Gasteiger partial charge in [0.05, 0.1) is 14.2 Å². The van der Waals surface area contributed by atoms with Crippen LogP contribution in [0.25, 0.3) is 0 Å². The third-order valence-electron chi connectivity index (χ3n) is 1.60. The number of esters is 2.